The number of rotatable bonds is 5. The highest BCUT2D eigenvalue weighted by Gasteiger charge is 2.22. The zero-order valence-electron chi connectivity index (χ0n) is 11.3. The summed E-state index contributed by atoms with van der Waals surface area (Å²) >= 11 is 0. The van der Waals surface area contributed by atoms with Crippen LogP contribution in [0.2, 0.25) is 0 Å². The van der Waals surface area contributed by atoms with Crippen molar-refractivity contribution in [3.05, 3.63) is 35.4 Å². The van der Waals surface area contributed by atoms with E-state index in [9.17, 15) is 0 Å². The first-order valence-electron chi connectivity index (χ1n) is 6.85. The van der Waals surface area contributed by atoms with E-state index in [4.69, 9.17) is 9.78 Å². The van der Waals surface area contributed by atoms with Crippen LogP contribution in [0.25, 0.3) is 0 Å². The summed E-state index contributed by atoms with van der Waals surface area (Å²) < 4.78 is 0. The molecule has 1 saturated heterocycles. The lowest BCUT2D eigenvalue weighted by Gasteiger charge is -2.30. The van der Waals surface area contributed by atoms with Crippen molar-refractivity contribution in [2.75, 3.05) is 19.7 Å². The Bertz CT molecular complexity index is 367. The van der Waals surface area contributed by atoms with Gasteiger partial charge in [0.05, 0.1) is 6.61 Å². The molecule has 0 unspecified atom stereocenters. The smallest absolute Gasteiger partial charge is 0.107 e. The van der Waals surface area contributed by atoms with Crippen molar-refractivity contribution >= 4 is 0 Å². The van der Waals surface area contributed by atoms with Gasteiger partial charge >= 0.3 is 0 Å². The third kappa shape index (κ3) is 3.55. The van der Waals surface area contributed by atoms with Gasteiger partial charge in [-0.1, -0.05) is 31.2 Å². The van der Waals surface area contributed by atoms with Crippen LogP contribution in [0.4, 0.5) is 0 Å². The number of benzene rings is 1. The Morgan fingerprint density at radius 1 is 1.33 bits per heavy atom. The Hall–Kier alpha value is -0.900. The highest BCUT2D eigenvalue weighted by atomic mass is 17.2. The van der Waals surface area contributed by atoms with E-state index in [1.165, 1.54) is 17.5 Å². The van der Waals surface area contributed by atoms with Crippen LogP contribution >= 0.6 is 0 Å². The summed E-state index contributed by atoms with van der Waals surface area (Å²) in [6, 6.07) is 8.70. The predicted molar refractivity (Wildman–Crippen MR) is 72.2 cm³/mol. The minimum Gasteiger partial charge on any atom is -0.316 e. The third-order valence-corrected chi connectivity index (χ3v) is 3.59. The molecule has 2 rings (SSSR count). The fraction of sp³-hybridized carbons (Fsp3) is 0.600. The van der Waals surface area contributed by atoms with Gasteiger partial charge in [-0.3, -0.25) is 0 Å². The molecule has 0 radical (unpaired) electrons. The van der Waals surface area contributed by atoms with Gasteiger partial charge in [0.1, 0.15) is 6.61 Å². The van der Waals surface area contributed by atoms with Crippen LogP contribution in [0.15, 0.2) is 24.3 Å². The van der Waals surface area contributed by atoms with Crippen LogP contribution in [-0.4, -0.2) is 19.7 Å². The highest BCUT2D eigenvalue weighted by Crippen LogP contribution is 2.30. The van der Waals surface area contributed by atoms with Gasteiger partial charge in [-0.15, -0.1) is 0 Å². The molecule has 100 valence electrons. The number of hydrogen-bond acceptors (Lipinski definition) is 3. The van der Waals surface area contributed by atoms with Gasteiger partial charge in [-0.05, 0) is 49.4 Å². The maximum atomic E-state index is 5.13. The van der Waals surface area contributed by atoms with Crippen LogP contribution in [0.5, 0.6) is 0 Å². The second-order valence-corrected chi connectivity index (χ2v) is 4.99. The molecule has 1 aromatic rings. The maximum Gasteiger partial charge on any atom is 0.107 e. The fourth-order valence-electron chi connectivity index (χ4n) is 2.62. The van der Waals surface area contributed by atoms with E-state index in [1.807, 2.05) is 6.92 Å². The van der Waals surface area contributed by atoms with Crippen molar-refractivity contribution < 1.29 is 9.78 Å². The fourth-order valence-corrected chi connectivity index (χ4v) is 2.62. The van der Waals surface area contributed by atoms with Crippen molar-refractivity contribution in [2.24, 2.45) is 5.92 Å². The van der Waals surface area contributed by atoms with Gasteiger partial charge in [0, 0.05) is 0 Å². The first kappa shape index (κ1) is 13.5. The molecule has 1 N–H and O–H groups in total. The van der Waals surface area contributed by atoms with Gasteiger partial charge in [0.15, 0.2) is 0 Å². The summed E-state index contributed by atoms with van der Waals surface area (Å²) in [6.07, 6.45) is 1.22. The summed E-state index contributed by atoms with van der Waals surface area (Å²) in [5.74, 6) is 1.36. The van der Waals surface area contributed by atoms with Crippen LogP contribution < -0.4 is 5.32 Å². The standard InChI is InChI=1S/C15H23NO2/c1-3-17-18-11-13-5-4-6-14(9-13)15-7-8-16-10-12(15)2/h4-6,9,12,15-16H,3,7-8,10-11H2,1-2H3/t12-,15-/m1/s1. The zero-order chi connectivity index (χ0) is 12.8. The quantitative estimate of drug-likeness (QED) is 0.494. The van der Waals surface area contributed by atoms with E-state index in [0.717, 1.165) is 13.1 Å². The second-order valence-electron chi connectivity index (χ2n) is 4.99. The van der Waals surface area contributed by atoms with Crippen molar-refractivity contribution in [3.63, 3.8) is 0 Å². The molecule has 18 heavy (non-hydrogen) atoms. The molecule has 1 aliphatic rings. The zero-order valence-corrected chi connectivity index (χ0v) is 11.3. The molecule has 1 heterocycles. The minimum absolute atomic E-state index is 0.529. The van der Waals surface area contributed by atoms with Crippen molar-refractivity contribution in [3.8, 4) is 0 Å². The summed E-state index contributed by atoms with van der Waals surface area (Å²) in [5, 5.41) is 3.45. The van der Waals surface area contributed by atoms with E-state index in [0.29, 0.717) is 25.0 Å². The van der Waals surface area contributed by atoms with Gasteiger partial charge < -0.3 is 5.32 Å². The summed E-state index contributed by atoms with van der Waals surface area (Å²) in [6.45, 7) is 7.60. The normalized spacial score (nSPS) is 24.1. The molecule has 0 aliphatic carbocycles. The molecule has 3 nitrogen and oxygen atoms in total. The topological polar surface area (TPSA) is 30.5 Å². The first-order valence-corrected chi connectivity index (χ1v) is 6.85. The molecule has 0 bridgehead atoms. The van der Waals surface area contributed by atoms with Crippen LogP contribution in [0.3, 0.4) is 0 Å². The molecular formula is C15H23NO2. The Morgan fingerprint density at radius 3 is 3.00 bits per heavy atom. The van der Waals surface area contributed by atoms with E-state index in [2.05, 4.69) is 36.5 Å². The van der Waals surface area contributed by atoms with E-state index >= 15 is 0 Å². The Morgan fingerprint density at radius 2 is 2.22 bits per heavy atom. The molecular weight excluding hydrogens is 226 g/mol. The number of nitrogens with one attached hydrogen (secondary N) is 1. The predicted octanol–water partition coefficient (Wildman–Crippen LogP) is 2.87. The number of hydrogen-bond donors (Lipinski definition) is 1. The lowest BCUT2D eigenvalue weighted by Crippen LogP contribution is -2.33. The molecule has 2 atom stereocenters. The SMILES string of the molecule is CCOOCc1cccc([C@@H]2CCNC[C@H]2C)c1. The molecule has 0 spiro atoms. The van der Waals surface area contributed by atoms with Crippen LogP contribution in [-0.2, 0) is 16.4 Å². The monoisotopic (exact) mass is 249 g/mol. The average molecular weight is 249 g/mol. The van der Waals surface area contributed by atoms with Gasteiger partial charge in [0.25, 0.3) is 0 Å². The Kier molecular flexibility index (Phi) is 5.17. The van der Waals surface area contributed by atoms with E-state index in [1.54, 1.807) is 0 Å². The summed E-state index contributed by atoms with van der Waals surface area (Å²) in [4.78, 5) is 10.1. The summed E-state index contributed by atoms with van der Waals surface area (Å²) in [7, 11) is 0. The van der Waals surface area contributed by atoms with Crippen molar-refractivity contribution in [1.82, 2.24) is 5.32 Å². The van der Waals surface area contributed by atoms with Gasteiger partial charge in [-0.25, -0.2) is 9.78 Å². The second kappa shape index (κ2) is 6.88. The molecule has 0 amide bonds. The van der Waals surface area contributed by atoms with Crippen LogP contribution in [0, 0.1) is 5.92 Å². The average Bonchev–Trinajstić information content (AvgIpc) is 2.40. The van der Waals surface area contributed by atoms with E-state index in [-0.39, 0.29) is 0 Å². The summed E-state index contributed by atoms with van der Waals surface area (Å²) in [5.41, 5.74) is 2.62. The molecule has 1 aromatic carbocycles. The maximum absolute atomic E-state index is 5.13. The lowest BCUT2D eigenvalue weighted by molar-refractivity contribution is -0.300. The molecule has 1 fully saturated rings. The molecule has 0 aromatic heterocycles. The highest BCUT2D eigenvalue weighted by molar-refractivity contribution is 5.27. The first-order chi connectivity index (χ1) is 8.81. The van der Waals surface area contributed by atoms with E-state index < -0.39 is 0 Å². The Labute approximate surface area is 109 Å². The van der Waals surface area contributed by atoms with Gasteiger partial charge in [0.2, 0.25) is 0 Å². The van der Waals surface area contributed by atoms with Crippen LogP contribution in [0.1, 0.15) is 37.3 Å². The lowest BCUT2D eigenvalue weighted by atomic mass is 9.82. The molecule has 0 saturated carbocycles. The molecule has 1 aliphatic heterocycles. The van der Waals surface area contributed by atoms with Gasteiger partial charge in [-0.2, -0.15) is 0 Å². The largest absolute Gasteiger partial charge is 0.316 e. The van der Waals surface area contributed by atoms with Crippen molar-refractivity contribution in [1.29, 1.82) is 0 Å². The minimum atomic E-state index is 0.529. The third-order valence-electron chi connectivity index (χ3n) is 3.59. The Balaban J connectivity index is 2.01. The van der Waals surface area contributed by atoms with Crippen molar-refractivity contribution in [2.45, 2.75) is 32.8 Å². The molecule has 3 heteroatoms. The number of piperidine rings is 1.